The second-order valence-electron chi connectivity index (χ2n) is 10.6. The number of esters is 1. The Balaban J connectivity index is 1.49. The summed E-state index contributed by atoms with van der Waals surface area (Å²) in [5.41, 5.74) is 9.35. The first-order valence-electron chi connectivity index (χ1n) is 12.5. The quantitative estimate of drug-likeness (QED) is 0.673. The molecule has 0 saturated heterocycles. The van der Waals surface area contributed by atoms with Crippen molar-refractivity contribution in [2.75, 3.05) is 6.61 Å². The first kappa shape index (κ1) is 22.1. The molecular formula is C29H31N3O3. The maximum Gasteiger partial charge on any atom is 0.343 e. The summed E-state index contributed by atoms with van der Waals surface area (Å²) in [5.74, 6) is -0.548. The molecular weight excluding hydrogens is 438 g/mol. The molecule has 1 N–H and O–H groups in total. The molecule has 3 atom stereocenters. The third-order valence-corrected chi connectivity index (χ3v) is 8.00. The average Bonchev–Trinajstić information content (AvgIpc) is 3.38. The van der Waals surface area contributed by atoms with Gasteiger partial charge in [0, 0.05) is 17.8 Å². The van der Waals surface area contributed by atoms with Gasteiger partial charge in [-0.2, -0.15) is 0 Å². The lowest BCUT2D eigenvalue weighted by Gasteiger charge is -2.45. The van der Waals surface area contributed by atoms with E-state index in [2.05, 4.69) is 71.3 Å². The lowest BCUT2D eigenvalue weighted by Crippen LogP contribution is -2.51. The standard InChI is InChI=1S/C29H31N3O3/c1-4-35-28(34)21-17-31-23(16-24(21)33)26-20-12-8-11-19(15-18-9-6-5-7-10-18)25(20)30-32(26)22-13-14-29(2,3)27(22)31/h5-12,16-17,22,25,27,30H,4,13-15H2,1-3H3. The van der Waals surface area contributed by atoms with Gasteiger partial charge in [-0.05, 0) is 42.7 Å². The van der Waals surface area contributed by atoms with E-state index in [1.165, 1.54) is 16.7 Å². The SMILES string of the molecule is CCOC(=O)c1cn2c(cc1=O)C1=C3C=CC=C(Cc4ccccc4)C3NN1C1CCC(C)(C)C12. The van der Waals surface area contributed by atoms with Crippen LogP contribution in [0, 0.1) is 5.41 Å². The predicted octanol–water partition coefficient (Wildman–Crippen LogP) is 4.41. The number of hydrogen-bond acceptors (Lipinski definition) is 5. The normalized spacial score (nSPS) is 25.5. The third-order valence-electron chi connectivity index (χ3n) is 8.00. The highest BCUT2D eigenvalue weighted by atomic mass is 16.5. The van der Waals surface area contributed by atoms with Crippen LogP contribution in [0.15, 0.2) is 76.8 Å². The number of benzene rings is 1. The molecule has 0 amide bonds. The zero-order valence-corrected chi connectivity index (χ0v) is 20.5. The number of fused-ring (bicyclic) bond motifs is 7. The van der Waals surface area contributed by atoms with Gasteiger partial charge in [-0.15, -0.1) is 0 Å². The van der Waals surface area contributed by atoms with Crippen LogP contribution in [-0.4, -0.2) is 34.2 Å². The highest BCUT2D eigenvalue weighted by Crippen LogP contribution is 2.54. The number of nitrogens with one attached hydrogen (secondary N) is 1. The zero-order valence-electron chi connectivity index (χ0n) is 20.5. The number of hydrogen-bond donors (Lipinski definition) is 1. The van der Waals surface area contributed by atoms with E-state index in [1.54, 1.807) is 19.2 Å². The molecule has 1 aromatic carbocycles. The molecule has 4 aliphatic rings. The van der Waals surface area contributed by atoms with Gasteiger partial charge < -0.3 is 9.30 Å². The second kappa shape index (κ2) is 8.09. The molecule has 0 bridgehead atoms. The Morgan fingerprint density at radius 1 is 1.23 bits per heavy atom. The van der Waals surface area contributed by atoms with Gasteiger partial charge in [0.25, 0.3) is 0 Å². The summed E-state index contributed by atoms with van der Waals surface area (Å²) < 4.78 is 7.39. The van der Waals surface area contributed by atoms with Crippen LogP contribution in [0.5, 0.6) is 0 Å². The minimum atomic E-state index is -0.548. The van der Waals surface area contributed by atoms with Crippen LogP contribution in [0.3, 0.4) is 0 Å². The molecule has 1 saturated carbocycles. The highest BCUT2D eigenvalue weighted by Gasteiger charge is 2.53. The maximum absolute atomic E-state index is 13.1. The molecule has 3 unspecified atom stereocenters. The van der Waals surface area contributed by atoms with E-state index >= 15 is 0 Å². The predicted molar refractivity (Wildman–Crippen MR) is 136 cm³/mol. The fourth-order valence-corrected chi connectivity index (χ4v) is 6.41. The molecule has 2 aliphatic heterocycles. The fourth-order valence-electron chi connectivity index (χ4n) is 6.41. The molecule has 6 nitrogen and oxygen atoms in total. The van der Waals surface area contributed by atoms with Gasteiger partial charge in [0.05, 0.1) is 36.1 Å². The zero-order chi connectivity index (χ0) is 24.3. The molecule has 3 heterocycles. The van der Waals surface area contributed by atoms with Gasteiger partial charge in [-0.1, -0.05) is 62.4 Å². The number of rotatable bonds is 4. The number of hydrazine groups is 1. The molecule has 0 radical (unpaired) electrons. The molecule has 2 aliphatic carbocycles. The number of allylic oxidation sites excluding steroid dienone is 2. The smallest absolute Gasteiger partial charge is 0.343 e. The molecule has 1 aromatic heterocycles. The lowest BCUT2D eigenvalue weighted by molar-refractivity contribution is 0.0521. The Morgan fingerprint density at radius 3 is 2.80 bits per heavy atom. The Labute approximate surface area is 205 Å². The summed E-state index contributed by atoms with van der Waals surface area (Å²) in [6.07, 6.45) is 11.2. The Hall–Kier alpha value is -3.38. The van der Waals surface area contributed by atoms with Crippen molar-refractivity contribution >= 4 is 11.7 Å². The summed E-state index contributed by atoms with van der Waals surface area (Å²) >= 11 is 0. The van der Waals surface area contributed by atoms with Crippen molar-refractivity contribution in [3.8, 4) is 0 Å². The van der Waals surface area contributed by atoms with Crippen molar-refractivity contribution in [3.05, 3.63) is 99.0 Å². The van der Waals surface area contributed by atoms with E-state index in [9.17, 15) is 9.59 Å². The van der Waals surface area contributed by atoms with Crippen LogP contribution in [0.25, 0.3) is 5.70 Å². The lowest BCUT2D eigenvalue weighted by atomic mass is 9.84. The largest absolute Gasteiger partial charge is 0.462 e. The van der Waals surface area contributed by atoms with E-state index in [0.29, 0.717) is 0 Å². The molecule has 6 rings (SSSR count). The van der Waals surface area contributed by atoms with Crippen molar-refractivity contribution in [2.24, 2.45) is 5.41 Å². The number of carbonyl (C=O) groups is 1. The minimum Gasteiger partial charge on any atom is -0.462 e. The van der Waals surface area contributed by atoms with Gasteiger partial charge >= 0.3 is 5.97 Å². The van der Waals surface area contributed by atoms with Gasteiger partial charge in [-0.25, -0.2) is 10.2 Å². The Kier molecular flexibility index (Phi) is 5.11. The monoisotopic (exact) mass is 469 g/mol. The molecule has 2 aromatic rings. The summed E-state index contributed by atoms with van der Waals surface area (Å²) in [7, 11) is 0. The summed E-state index contributed by atoms with van der Waals surface area (Å²) in [4.78, 5) is 25.7. The van der Waals surface area contributed by atoms with Gasteiger partial charge in [0.1, 0.15) is 5.56 Å². The number of pyridine rings is 1. The molecule has 1 fully saturated rings. The first-order valence-corrected chi connectivity index (χ1v) is 12.5. The van der Waals surface area contributed by atoms with Crippen molar-refractivity contribution < 1.29 is 9.53 Å². The minimum absolute atomic E-state index is 0.0185. The summed E-state index contributed by atoms with van der Waals surface area (Å²) in [6.45, 7) is 6.57. The maximum atomic E-state index is 13.1. The number of nitrogens with zero attached hydrogens (tertiary/aromatic N) is 2. The number of carbonyl (C=O) groups excluding carboxylic acids is 1. The van der Waals surface area contributed by atoms with Crippen molar-refractivity contribution in [3.63, 3.8) is 0 Å². The van der Waals surface area contributed by atoms with Crippen LogP contribution in [0.1, 0.15) is 61.3 Å². The van der Waals surface area contributed by atoms with Crippen LogP contribution >= 0.6 is 0 Å². The van der Waals surface area contributed by atoms with Gasteiger partial charge in [0.2, 0.25) is 0 Å². The van der Waals surface area contributed by atoms with E-state index in [0.717, 1.165) is 30.7 Å². The fraction of sp³-hybridized carbons (Fsp3) is 0.379. The summed E-state index contributed by atoms with van der Waals surface area (Å²) in [6, 6.07) is 12.6. The average molecular weight is 470 g/mol. The van der Waals surface area contributed by atoms with Crippen LogP contribution < -0.4 is 10.9 Å². The Morgan fingerprint density at radius 2 is 2.03 bits per heavy atom. The number of aromatic nitrogens is 1. The van der Waals surface area contributed by atoms with Crippen molar-refractivity contribution in [2.45, 2.75) is 58.2 Å². The van der Waals surface area contributed by atoms with Crippen LogP contribution in [0.4, 0.5) is 0 Å². The van der Waals surface area contributed by atoms with E-state index < -0.39 is 5.97 Å². The van der Waals surface area contributed by atoms with Crippen molar-refractivity contribution in [1.82, 2.24) is 15.0 Å². The third kappa shape index (κ3) is 3.42. The van der Waals surface area contributed by atoms with E-state index in [1.807, 2.05) is 6.07 Å². The Bertz CT molecular complexity index is 1350. The van der Waals surface area contributed by atoms with Gasteiger partial charge in [-0.3, -0.25) is 9.80 Å². The second-order valence-corrected chi connectivity index (χ2v) is 10.6. The number of ether oxygens (including phenoxy) is 1. The molecule has 6 heteroatoms. The van der Waals surface area contributed by atoms with Crippen LogP contribution in [-0.2, 0) is 11.2 Å². The molecule has 35 heavy (non-hydrogen) atoms. The van der Waals surface area contributed by atoms with Crippen molar-refractivity contribution in [1.29, 1.82) is 0 Å². The first-order chi connectivity index (χ1) is 16.9. The highest BCUT2D eigenvalue weighted by molar-refractivity contribution is 5.89. The van der Waals surface area contributed by atoms with Gasteiger partial charge in [0.15, 0.2) is 5.43 Å². The molecule has 180 valence electrons. The van der Waals surface area contributed by atoms with E-state index in [-0.39, 0.29) is 41.1 Å². The topological polar surface area (TPSA) is 63.6 Å². The summed E-state index contributed by atoms with van der Waals surface area (Å²) in [5, 5.41) is 2.33. The molecule has 0 spiro atoms. The van der Waals surface area contributed by atoms with E-state index in [4.69, 9.17) is 4.74 Å². The van der Waals surface area contributed by atoms with Crippen LogP contribution in [0.2, 0.25) is 0 Å².